The molecular formula is C30H22OS4. The van der Waals surface area contributed by atoms with Crippen LogP contribution in [0, 0.1) is 13.8 Å². The van der Waals surface area contributed by atoms with E-state index in [9.17, 15) is 0 Å². The molecule has 0 amide bonds. The fourth-order valence-electron chi connectivity index (χ4n) is 3.74. The minimum absolute atomic E-state index is 0.953. The molecule has 0 atom stereocenters. The van der Waals surface area contributed by atoms with Gasteiger partial charge in [0, 0.05) is 40.7 Å². The zero-order valence-corrected chi connectivity index (χ0v) is 22.5. The Morgan fingerprint density at radius 1 is 0.486 bits per heavy atom. The largest absolute Gasteiger partial charge is 0.436 e. The van der Waals surface area contributed by atoms with Crippen molar-refractivity contribution in [3.05, 3.63) is 105 Å². The average Bonchev–Trinajstić information content (AvgIpc) is 3.58. The summed E-state index contributed by atoms with van der Waals surface area (Å²) < 4.78 is 11.3. The normalized spacial score (nSPS) is 12.1. The van der Waals surface area contributed by atoms with Gasteiger partial charge >= 0.3 is 0 Å². The van der Waals surface area contributed by atoms with Gasteiger partial charge in [-0.25, -0.2) is 0 Å². The van der Waals surface area contributed by atoms with Gasteiger partial charge in [0.2, 0.25) is 0 Å². The standard InChI is InChI=1S/C30H22OS4/c1-19-3-7-21(8-4-19)11-13-23-15-25-27(32-23)17-29(34-25)31-30-18-28-26(35-30)16-24(33-28)14-12-22-9-5-20(2)6-10-22/h3-18H,1-2H3. The van der Waals surface area contributed by atoms with Crippen molar-refractivity contribution in [2.24, 2.45) is 0 Å². The van der Waals surface area contributed by atoms with E-state index in [1.165, 1.54) is 50.8 Å². The molecule has 6 aromatic rings. The van der Waals surface area contributed by atoms with E-state index in [1.807, 2.05) is 0 Å². The fraction of sp³-hybridized carbons (Fsp3) is 0.0667. The van der Waals surface area contributed by atoms with Crippen molar-refractivity contribution >= 4 is 88.5 Å². The molecular weight excluding hydrogens is 505 g/mol. The Bertz CT molecular complexity index is 1480. The molecule has 0 saturated heterocycles. The number of thiophene rings is 4. The highest BCUT2D eigenvalue weighted by atomic mass is 32.1. The quantitative estimate of drug-likeness (QED) is 0.210. The Kier molecular flexibility index (Phi) is 6.17. The molecule has 2 aromatic carbocycles. The van der Waals surface area contributed by atoms with Gasteiger partial charge in [-0.2, -0.15) is 0 Å². The summed E-state index contributed by atoms with van der Waals surface area (Å²) in [6.45, 7) is 4.23. The van der Waals surface area contributed by atoms with Crippen molar-refractivity contribution in [2.75, 3.05) is 0 Å². The van der Waals surface area contributed by atoms with E-state index in [0.717, 1.165) is 10.1 Å². The van der Waals surface area contributed by atoms with Crippen molar-refractivity contribution in [2.45, 2.75) is 13.8 Å². The molecule has 172 valence electrons. The van der Waals surface area contributed by atoms with Crippen LogP contribution >= 0.6 is 45.3 Å². The van der Waals surface area contributed by atoms with Crippen LogP contribution in [0.2, 0.25) is 0 Å². The van der Waals surface area contributed by atoms with Crippen LogP contribution in [-0.4, -0.2) is 0 Å². The number of rotatable bonds is 6. The lowest BCUT2D eigenvalue weighted by Gasteiger charge is -1.97. The van der Waals surface area contributed by atoms with Crippen molar-refractivity contribution in [1.82, 2.24) is 0 Å². The number of hydrogen-bond donors (Lipinski definition) is 0. The van der Waals surface area contributed by atoms with Crippen LogP contribution in [0.4, 0.5) is 0 Å². The van der Waals surface area contributed by atoms with E-state index in [1.54, 1.807) is 45.3 Å². The minimum atomic E-state index is 0.953. The summed E-state index contributed by atoms with van der Waals surface area (Å²) in [6.07, 6.45) is 8.74. The van der Waals surface area contributed by atoms with Crippen molar-refractivity contribution < 1.29 is 4.74 Å². The summed E-state index contributed by atoms with van der Waals surface area (Å²) in [7, 11) is 0. The lowest BCUT2D eigenvalue weighted by Crippen LogP contribution is -1.73. The second kappa shape index (κ2) is 9.59. The first-order valence-electron chi connectivity index (χ1n) is 11.3. The SMILES string of the molecule is Cc1ccc(C=Cc2cc3sc(Oc4cc5sc(C=Cc6ccc(C)cc6)cc5s4)cc3s2)cc1. The van der Waals surface area contributed by atoms with Gasteiger partial charge in [-0.05, 0) is 49.3 Å². The van der Waals surface area contributed by atoms with Crippen molar-refractivity contribution in [3.63, 3.8) is 0 Å². The van der Waals surface area contributed by atoms with Crippen LogP contribution in [-0.2, 0) is 0 Å². The van der Waals surface area contributed by atoms with E-state index < -0.39 is 0 Å². The fourth-order valence-corrected chi connectivity index (χ4v) is 8.12. The monoisotopic (exact) mass is 526 g/mol. The van der Waals surface area contributed by atoms with E-state index in [4.69, 9.17) is 4.74 Å². The Morgan fingerprint density at radius 2 is 0.886 bits per heavy atom. The van der Waals surface area contributed by atoms with Crippen LogP contribution in [0.5, 0.6) is 10.1 Å². The molecule has 0 saturated carbocycles. The van der Waals surface area contributed by atoms with Crippen molar-refractivity contribution in [1.29, 1.82) is 0 Å². The third kappa shape index (κ3) is 5.19. The van der Waals surface area contributed by atoms with E-state index >= 15 is 0 Å². The molecule has 6 rings (SSSR count). The third-order valence-electron chi connectivity index (χ3n) is 5.64. The predicted molar refractivity (Wildman–Crippen MR) is 160 cm³/mol. The molecule has 0 aliphatic carbocycles. The van der Waals surface area contributed by atoms with Gasteiger partial charge in [-0.1, -0.05) is 94.5 Å². The molecule has 35 heavy (non-hydrogen) atoms. The second-order valence-electron chi connectivity index (χ2n) is 8.48. The molecule has 0 radical (unpaired) electrons. The molecule has 0 fully saturated rings. The molecule has 0 bridgehead atoms. The third-order valence-corrected chi connectivity index (χ3v) is 9.92. The van der Waals surface area contributed by atoms with Gasteiger partial charge < -0.3 is 4.74 Å². The Balaban J connectivity index is 1.13. The maximum Gasteiger partial charge on any atom is 0.184 e. The summed E-state index contributed by atoms with van der Waals surface area (Å²) in [5.41, 5.74) is 5.02. The zero-order chi connectivity index (χ0) is 23.8. The number of aryl methyl sites for hydroxylation is 2. The van der Waals surface area contributed by atoms with Crippen LogP contribution in [0.15, 0.2) is 72.8 Å². The van der Waals surface area contributed by atoms with E-state index in [2.05, 4.69) is 111 Å². The summed E-state index contributed by atoms with van der Waals surface area (Å²) in [4.78, 5) is 2.53. The topological polar surface area (TPSA) is 9.23 Å². The molecule has 4 aromatic heterocycles. The highest BCUT2D eigenvalue weighted by molar-refractivity contribution is 7.30. The van der Waals surface area contributed by atoms with Gasteiger partial charge in [0.25, 0.3) is 0 Å². The predicted octanol–water partition coefficient (Wildman–Crippen LogP) is 11.0. The van der Waals surface area contributed by atoms with Crippen LogP contribution in [0.25, 0.3) is 43.1 Å². The number of ether oxygens (including phenoxy) is 1. The molecule has 0 aliphatic heterocycles. The van der Waals surface area contributed by atoms with Gasteiger partial charge in [-0.3, -0.25) is 0 Å². The molecule has 0 N–H and O–H groups in total. The highest BCUT2D eigenvalue weighted by Gasteiger charge is 2.11. The number of hydrogen-bond acceptors (Lipinski definition) is 5. The lowest BCUT2D eigenvalue weighted by atomic mass is 10.1. The first kappa shape index (κ1) is 22.5. The van der Waals surface area contributed by atoms with Gasteiger partial charge in [-0.15, -0.1) is 22.7 Å². The smallest absolute Gasteiger partial charge is 0.184 e. The number of fused-ring (bicyclic) bond motifs is 2. The first-order valence-corrected chi connectivity index (χ1v) is 14.6. The zero-order valence-electron chi connectivity index (χ0n) is 19.3. The van der Waals surface area contributed by atoms with E-state index in [-0.39, 0.29) is 0 Å². The Morgan fingerprint density at radius 3 is 1.29 bits per heavy atom. The molecule has 0 spiro atoms. The van der Waals surface area contributed by atoms with Gasteiger partial charge in [0.1, 0.15) is 0 Å². The Hall–Kier alpha value is -2.96. The maximum atomic E-state index is 6.24. The minimum Gasteiger partial charge on any atom is -0.436 e. The molecule has 4 heterocycles. The molecule has 5 heteroatoms. The summed E-state index contributed by atoms with van der Waals surface area (Å²) in [5.74, 6) is 0. The molecule has 0 aliphatic rings. The van der Waals surface area contributed by atoms with Crippen LogP contribution < -0.4 is 4.74 Å². The van der Waals surface area contributed by atoms with Gasteiger partial charge in [0.05, 0.1) is 0 Å². The summed E-state index contributed by atoms with van der Waals surface area (Å²) >= 11 is 7.04. The molecule has 0 unspecified atom stereocenters. The highest BCUT2D eigenvalue weighted by Crippen LogP contribution is 2.44. The summed E-state index contributed by atoms with van der Waals surface area (Å²) in [5, 5.41) is 1.91. The first-order chi connectivity index (χ1) is 17.1. The summed E-state index contributed by atoms with van der Waals surface area (Å²) in [6, 6.07) is 26.0. The van der Waals surface area contributed by atoms with Gasteiger partial charge in [0.15, 0.2) is 10.1 Å². The van der Waals surface area contributed by atoms with Crippen LogP contribution in [0.3, 0.4) is 0 Å². The van der Waals surface area contributed by atoms with E-state index in [0.29, 0.717) is 0 Å². The number of benzene rings is 2. The van der Waals surface area contributed by atoms with Crippen LogP contribution in [0.1, 0.15) is 32.0 Å². The Labute approximate surface area is 220 Å². The lowest BCUT2D eigenvalue weighted by molar-refractivity contribution is 0.512. The second-order valence-corrected chi connectivity index (χ2v) is 12.8. The van der Waals surface area contributed by atoms with Crippen molar-refractivity contribution in [3.8, 4) is 10.1 Å². The molecule has 1 nitrogen and oxygen atoms in total. The average molecular weight is 527 g/mol. The maximum absolute atomic E-state index is 6.24.